The predicted molar refractivity (Wildman–Crippen MR) is 206 cm³/mol. The van der Waals surface area contributed by atoms with E-state index in [9.17, 15) is 43.9 Å². The van der Waals surface area contributed by atoms with Crippen LogP contribution in [0.2, 0.25) is 0 Å². The molecule has 2 aliphatic rings. The molecule has 0 aliphatic carbocycles. The Bertz CT molecular complexity index is 1020. The SMILES string of the molecule is CCCCCCCCCCCCCC[C@@H](O)[C@@H](O)[C@H](COC1OC(CO)C(O)C(O)C1O)NC(=O)CCCCCCCCCCN1CCS(=O)(=O)CC1. The second-order valence-electron chi connectivity index (χ2n) is 15.5. The zero-order valence-electron chi connectivity index (χ0n) is 32.7. The fourth-order valence-electron chi connectivity index (χ4n) is 7.20. The van der Waals surface area contributed by atoms with E-state index in [2.05, 4.69) is 17.1 Å². The van der Waals surface area contributed by atoms with E-state index in [-0.39, 0.29) is 30.4 Å². The number of sulfone groups is 1. The molecule has 1 amide bonds. The fourth-order valence-corrected chi connectivity index (χ4v) is 8.47. The number of carbonyl (C=O) groups is 1. The van der Waals surface area contributed by atoms with Crippen molar-refractivity contribution in [1.82, 2.24) is 10.2 Å². The number of nitrogens with zero attached hydrogens (tertiary/aromatic N) is 1. The molecule has 0 aromatic carbocycles. The van der Waals surface area contributed by atoms with Gasteiger partial charge in [0.2, 0.25) is 5.91 Å². The summed E-state index contributed by atoms with van der Waals surface area (Å²) >= 11 is 0. The lowest BCUT2D eigenvalue weighted by Gasteiger charge is -2.40. The summed E-state index contributed by atoms with van der Waals surface area (Å²) in [6.45, 7) is 3.51. The van der Waals surface area contributed by atoms with E-state index in [0.29, 0.717) is 25.9 Å². The molecule has 13 nitrogen and oxygen atoms in total. The molecule has 0 bridgehead atoms. The van der Waals surface area contributed by atoms with Crippen molar-refractivity contribution in [2.24, 2.45) is 0 Å². The molecule has 53 heavy (non-hydrogen) atoms. The third-order valence-electron chi connectivity index (χ3n) is 10.9. The summed E-state index contributed by atoms with van der Waals surface area (Å²) in [5, 5.41) is 64.9. The van der Waals surface area contributed by atoms with Crippen molar-refractivity contribution in [3.63, 3.8) is 0 Å². The van der Waals surface area contributed by atoms with Crippen molar-refractivity contribution in [1.29, 1.82) is 0 Å². The number of carbonyl (C=O) groups excluding carboxylic acids is 1. The Balaban J connectivity index is 1.70. The second kappa shape index (κ2) is 28.5. The Labute approximate surface area is 320 Å². The topological polar surface area (TPSA) is 206 Å². The third-order valence-corrected chi connectivity index (χ3v) is 12.5. The van der Waals surface area contributed by atoms with Gasteiger partial charge in [0.05, 0.1) is 36.9 Å². The molecule has 2 fully saturated rings. The van der Waals surface area contributed by atoms with Gasteiger partial charge in [0.1, 0.15) is 30.5 Å². The van der Waals surface area contributed by atoms with Crippen LogP contribution in [-0.4, -0.2) is 143 Å². The van der Waals surface area contributed by atoms with Gasteiger partial charge in [-0.05, 0) is 25.8 Å². The molecular weight excluding hydrogens is 704 g/mol. The Hall–Kier alpha value is -0.940. The standard InChI is InChI=1S/C39H76N2O11S/c1-2-3-4-5-6-7-8-9-10-13-16-19-22-32(43)35(45)31(30-51-39-38(48)37(47)36(46)33(29-42)52-39)40-34(44)23-20-17-14-11-12-15-18-21-24-41-25-27-53(49,50)28-26-41/h31-33,35-39,42-43,45-48H,2-30H2,1H3,(H,40,44)/t31-,32+,33?,35-,36?,37?,38?,39?/m0/s1. The van der Waals surface area contributed by atoms with Crippen molar-refractivity contribution >= 4 is 15.7 Å². The van der Waals surface area contributed by atoms with Gasteiger partial charge in [-0.25, -0.2) is 8.42 Å². The van der Waals surface area contributed by atoms with E-state index in [0.717, 1.165) is 77.2 Å². The fraction of sp³-hybridized carbons (Fsp3) is 0.974. The Morgan fingerprint density at radius 3 is 1.81 bits per heavy atom. The summed E-state index contributed by atoms with van der Waals surface area (Å²) in [6, 6.07) is -1.02. The number of ether oxygens (including phenoxy) is 2. The molecule has 2 heterocycles. The number of rotatable bonds is 31. The van der Waals surface area contributed by atoms with Gasteiger partial charge in [-0.3, -0.25) is 4.79 Å². The van der Waals surface area contributed by atoms with Gasteiger partial charge in [0, 0.05) is 19.5 Å². The Morgan fingerprint density at radius 1 is 0.755 bits per heavy atom. The molecule has 2 aliphatic heterocycles. The number of aliphatic hydroxyl groups is 6. The minimum atomic E-state index is -2.84. The minimum absolute atomic E-state index is 0.240. The molecule has 0 saturated carbocycles. The van der Waals surface area contributed by atoms with Gasteiger partial charge in [-0.1, -0.05) is 122 Å². The highest BCUT2D eigenvalue weighted by molar-refractivity contribution is 7.91. The number of hydrogen-bond acceptors (Lipinski definition) is 12. The van der Waals surface area contributed by atoms with Crippen LogP contribution in [0, 0.1) is 0 Å². The molecule has 314 valence electrons. The largest absolute Gasteiger partial charge is 0.394 e. The van der Waals surface area contributed by atoms with Crippen LogP contribution in [0.1, 0.15) is 148 Å². The lowest BCUT2D eigenvalue weighted by atomic mass is 9.98. The van der Waals surface area contributed by atoms with Gasteiger partial charge in [0.25, 0.3) is 0 Å². The molecule has 14 heteroatoms. The summed E-state index contributed by atoms with van der Waals surface area (Å²) in [5.74, 6) is 0.238. The first kappa shape index (κ1) is 48.2. The predicted octanol–water partition coefficient (Wildman–Crippen LogP) is 3.34. The van der Waals surface area contributed by atoms with Crippen molar-refractivity contribution in [3.05, 3.63) is 0 Å². The van der Waals surface area contributed by atoms with Crippen LogP contribution in [0.3, 0.4) is 0 Å². The highest BCUT2D eigenvalue weighted by atomic mass is 32.2. The van der Waals surface area contributed by atoms with Gasteiger partial charge in [-0.15, -0.1) is 0 Å². The number of unbranched alkanes of at least 4 members (excludes halogenated alkanes) is 18. The lowest BCUT2D eigenvalue weighted by molar-refractivity contribution is -0.303. The van der Waals surface area contributed by atoms with Crippen LogP contribution in [0.4, 0.5) is 0 Å². The average Bonchev–Trinajstić information content (AvgIpc) is 3.14. The maximum absolute atomic E-state index is 13.0. The van der Waals surface area contributed by atoms with E-state index in [4.69, 9.17) is 9.47 Å². The van der Waals surface area contributed by atoms with Gasteiger partial charge >= 0.3 is 0 Å². The molecule has 2 rings (SSSR count). The minimum Gasteiger partial charge on any atom is -0.394 e. The Kier molecular flexibility index (Phi) is 25.9. The van der Waals surface area contributed by atoms with Crippen LogP contribution in [0.15, 0.2) is 0 Å². The average molecular weight is 781 g/mol. The lowest BCUT2D eigenvalue weighted by Crippen LogP contribution is -2.60. The highest BCUT2D eigenvalue weighted by Crippen LogP contribution is 2.23. The highest BCUT2D eigenvalue weighted by Gasteiger charge is 2.44. The first-order chi connectivity index (χ1) is 25.5. The maximum Gasteiger partial charge on any atom is 0.220 e. The summed E-state index contributed by atoms with van der Waals surface area (Å²) in [4.78, 5) is 15.2. The number of nitrogens with one attached hydrogen (secondary N) is 1. The summed E-state index contributed by atoms with van der Waals surface area (Å²) in [5.41, 5.74) is 0. The summed E-state index contributed by atoms with van der Waals surface area (Å²) in [7, 11) is -2.84. The van der Waals surface area contributed by atoms with Crippen LogP contribution < -0.4 is 5.32 Å². The normalized spacial score (nSPS) is 25.2. The van der Waals surface area contributed by atoms with Crippen molar-refractivity contribution < 1.29 is 53.3 Å². The van der Waals surface area contributed by atoms with Gasteiger partial charge in [0.15, 0.2) is 16.1 Å². The zero-order valence-corrected chi connectivity index (χ0v) is 33.5. The number of aliphatic hydroxyl groups excluding tert-OH is 6. The van der Waals surface area contributed by atoms with Crippen molar-refractivity contribution in [2.75, 3.05) is 44.4 Å². The van der Waals surface area contributed by atoms with Crippen molar-refractivity contribution in [3.8, 4) is 0 Å². The molecule has 5 unspecified atom stereocenters. The van der Waals surface area contributed by atoms with E-state index >= 15 is 0 Å². The molecule has 7 N–H and O–H groups in total. The summed E-state index contributed by atoms with van der Waals surface area (Å²) in [6.07, 6.45) is 13.0. The van der Waals surface area contributed by atoms with Crippen LogP contribution in [0.25, 0.3) is 0 Å². The summed E-state index contributed by atoms with van der Waals surface area (Å²) < 4.78 is 34.2. The van der Waals surface area contributed by atoms with Gasteiger partial charge in [-0.2, -0.15) is 0 Å². The molecule has 0 spiro atoms. The monoisotopic (exact) mass is 781 g/mol. The zero-order chi connectivity index (χ0) is 38.9. The number of amides is 1. The van der Waals surface area contributed by atoms with Crippen LogP contribution in [-0.2, 0) is 24.1 Å². The molecule has 2 saturated heterocycles. The smallest absolute Gasteiger partial charge is 0.220 e. The Morgan fingerprint density at radius 2 is 1.26 bits per heavy atom. The first-order valence-corrected chi connectivity index (χ1v) is 22.8. The van der Waals surface area contributed by atoms with E-state index in [1.807, 2.05) is 0 Å². The second-order valence-corrected chi connectivity index (χ2v) is 17.8. The van der Waals surface area contributed by atoms with E-state index in [1.165, 1.54) is 51.4 Å². The third kappa shape index (κ3) is 20.7. The van der Waals surface area contributed by atoms with Crippen LogP contribution in [0.5, 0.6) is 0 Å². The van der Waals surface area contributed by atoms with Crippen molar-refractivity contribution in [2.45, 2.75) is 197 Å². The van der Waals surface area contributed by atoms with E-state index < -0.39 is 65.4 Å². The van der Waals surface area contributed by atoms with Crippen LogP contribution >= 0.6 is 0 Å². The molecule has 0 aromatic rings. The molecule has 0 radical (unpaired) electrons. The molecular formula is C39H76N2O11S. The quantitative estimate of drug-likeness (QED) is 0.0506. The van der Waals surface area contributed by atoms with E-state index in [1.54, 1.807) is 0 Å². The maximum atomic E-state index is 13.0. The molecule has 8 atom stereocenters. The molecule has 0 aromatic heterocycles. The first-order valence-electron chi connectivity index (χ1n) is 21.0. The van der Waals surface area contributed by atoms with Gasteiger partial charge < -0.3 is 50.3 Å². The number of hydrogen-bond donors (Lipinski definition) is 7.